The number of quaternary nitrogens is 1. The first-order valence-corrected chi connectivity index (χ1v) is 18.9. The number of carbonyl (C=O) groups is 1. The van der Waals surface area contributed by atoms with E-state index in [0.29, 0.717) is 30.3 Å². The molecule has 274 valence electrons. The molecule has 0 radical (unpaired) electrons. The molecule has 0 saturated carbocycles. The highest BCUT2D eigenvalue weighted by atomic mass is 79.9. The van der Waals surface area contributed by atoms with Gasteiger partial charge in [-0.1, -0.05) is 93.6 Å². The van der Waals surface area contributed by atoms with Gasteiger partial charge in [-0.15, -0.1) is 12.4 Å². The minimum Gasteiger partial charge on any atom is -1.00 e. The predicted molar refractivity (Wildman–Crippen MR) is 201 cm³/mol. The third kappa shape index (κ3) is 8.41. The summed E-state index contributed by atoms with van der Waals surface area (Å²) in [5.74, 6) is -0.898. The summed E-state index contributed by atoms with van der Waals surface area (Å²) in [5, 5.41) is 9.70. The van der Waals surface area contributed by atoms with E-state index in [0.717, 1.165) is 42.5 Å². The van der Waals surface area contributed by atoms with E-state index in [1.807, 2.05) is 42.1 Å². The van der Waals surface area contributed by atoms with Crippen LogP contribution < -0.4 is 21.9 Å². The first kappa shape index (κ1) is 40.7. The zero-order chi connectivity index (χ0) is 33.8. The number of morpholine rings is 1. The zero-order valence-electron chi connectivity index (χ0n) is 30.1. The molecule has 7 rings (SSSR count). The fraction of sp³-hybridized carbons (Fsp3) is 0.525. The molecular formula is C40H55BrClN3O4S. The van der Waals surface area contributed by atoms with Crippen molar-refractivity contribution in [2.24, 2.45) is 0 Å². The number of benzene rings is 3. The van der Waals surface area contributed by atoms with E-state index in [9.17, 15) is 9.90 Å². The average Bonchev–Trinajstić information content (AvgIpc) is 3.88. The molecule has 1 N–H and O–H groups in total. The van der Waals surface area contributed by atoms with Gasteiger partial charge in [-0.2, -0.15) is 0 Å². The quantitative estimate of drug-likeness (QED) is 0.163. The summed E-state index contributed by atoms with van der Waals surface area (Å²) < 4.78 is 12.9. The maximum atomic E-state index is 12.7. The van der Waals surface area contributed by atoms with E-state index in [1.165, 1.54) is 40.6 Å². The van der Waals surface area contributed by atoms with Crippen LogP contribution in [0, 0.1) is 0 Å². The van der Waals surface area contributed by atoms with Crippen LogP contribution in [0.3, 0.4) is 0 Å². The second-order valence-corrected chi connectivity index (χ2v) is 15.1. The number of piperidine rings is 1. The molecule has 7 nitrogen and oxygen atoms in total. The molecule has 4 heterocycles. The number of esters is 1. The lowest BCUT2D eigenvalue weighted by Gasteiger charge is -2.48. The van der Waals surface area contributed by atoms with Crippen molar-refractivity contribution in [2.45, 2.75) is 106 Å². The van der Waals surface area contributed by atoms with Gasteiger partial charge in [0.15, 0.2) is 0 Å². The van der Waals surface area contributed by atoms with Gasteiger partial charge in [0.25, 0.3) is 0 Å². The van der Waals surface area contributed by atoms with Crippen LogP contribution in [-0.2, 0) is 14.3 Å². The number of rotatable bonds is 12. The number of halogens is 2. The Labute approximate surface area is 320 Å². The molecule has 3 unspecified atom stereocenters. The number of aliphatic hydroxyl groups excluding tert-OH is 1. The van der Waals surface area contributed by atoms with Gasteiger partial charge in [0.1, 0.15) is 36.3 Å². The zero-order valence-corrected chi connectivity index (χ0v) is 33.3. The summed E-state index contributed by atoms with van der Waals surface area (Å²) in [7, 11) is 2.36. The van der Waals surface area contributed by atoms with Gasteiger partial charge in [0.05, 0.1) is 31.6 Å². The molecular weight excluding hydrogens is 734 g/mol. The number of aliphatic hydroxyl groups is 1. The maximum Gasteiger partial charge on any atom is 0.316 e. The summed E-state index contributed by atoms with van der Waals surface area (Å²) in [4.78, 5) is 20.4. The fourth-order valence-corrected chi connectivity index (χ4v) is 9.53. The topological polar surface area (TPSA) is 65.5 Å². The summed E-state index contributed by atoms with van der Waals surface area (Å²) in [6.07, 6.45) is 4.83. The van der Waals surface area contributed by atoms with E-state index in [1.54, 1.807) is 0 Å². The van der Waals surface area contributed by atoms with E-state index >= 15 is 0 Å². The van der Waals surface area contributed by atoms with E-state index < -0.39 is 5.92 Å². The lowest BCUT2D eigenvalue weighted by Crippen LogP contribution is -3.00. The summed E-state index contributed by atoms with van der Waals surface area (Å²) in [6, 6.07) is 28.3. The van der Waals surface area contributed by atoms with Crippen molar-refractivity contribution < 1.29 is 40.8 Å². The monoisotopic (exact) mass is 787 g/mol. The summed E-state index contributed by atoms with van der Waals surface area (Å²) in [6.45, 7) is 13.2. The molecule has 0 aliphatic carbocycles. The number of nitrogens with zero attached hydrogens (tertiary/aromatic N) is 3. The molecule has 0 spiro atoms. The van der Waals surface area contributed by atoms with Crippen molar-refractivity contribution in [3.63, 3.8) is 0 Å². The molecule has 10 heteroatoms. The minimum atomic E-state index is -0.595. The van der Waals surface area contributed by atoms with Gasteiger partial charge < -0.3 is 40.9 Å². The Balaban J connectivity index is 0.000000219. The molecule has 0 aromatic heterocycles. The highest BCUT2D eigenvalue weighted by Gasteiger charge is 2.71. The normalized spacial score (nSPS) is 26.5. The van der Waals surface area contributed by atoms with E-state index in [-0.39, 0.29) is 48.1 Å². The van der Waals surface area contributed by atoms with Crippen molar-refractivity contribution in [3.8, 4) is 0 Å². The van der Waals surface area contributed by atoms with Gasteiger partial charge in [-0.05, 0) is 56.3 Å². The van der Waals surface area contributed by atoms with Gasteiger partial charge in [-0.25, -0.2) is 0 Å². The Kier molecular flexibility index (Phi) is 14.7. The highest BCUT2D eigenvalue weighted by Crippen LogP contribution is 2.53. The minimum absolute atomic E-state index is 0. The first-order valence-electron chi connectivity index (χ1n) is 18.1. The summed E-state index contributed by atoms with van der Waals surface area (Å²) >= 11 is 1.88. The van der Waals surface area contributed by atoms with Crippen LogP contribution in [0.2, 0.25) is 0 Å². The Hall–Kier alpha value is -2.11. The van der Waals surface area contributed by atoms with Gasteiger partial charge >= 0.3 is 5.97 Å². The number of ether oxygens (including phenoxy) is 2. The van der Waals surface area contributed by atoms with Crippen LogP contribution in [0.15, 0.2) is 88.7 Å². The lowest BCUT2D eigenvalue weighted by atomic mass is 9.94. The highest BCUT2D eigenvalue weighted by molar-refractivity contribution is 7.99. The van der Waals surface area contributed by atoms with Crippen LogP contribution >= 0.6 is 24.2 Å². The number of hydrogen-bond acceptors (Lipinski definition) is 7. The van der Waals surface area contributed by atoms with Gasteiger partial charge in [0, 0.05) is 35.2 Å². The largest absolute Gasteiger partial charge is 1.00 e. The number of carbonyl (C=O) groups excluding carboxylic acids is 1. The first-order chi connectivity index (χ1) is 23.3. The second-order valence-electron chi connectivity index (χ2n) is 14.0. The number of unbranched alkanes of at least 4 members (excludes halogenated alkanes) is 1. The van der Waals surface area contributed by atoms with Crippen LogP contribution in [0.4, 0.5) is 11.4 Å². The Morgan fingerprint density at radius 2 is 1.48 bits per heavy atom. The molecule has 50 heavy (non-hydrogen) atoms. The molecule has 3 aromatic carbocycles. The number of likely N-dealkylation sites (N-methyl/N-ethyl adjacent to an activating group) is 2. The van der Waals surface area contributed by atoms with Crippen molar-refractivity contribution in [2.75, 3.05) is 44.7 Å². The van der Waals surface area contributed by atoms with Crippen molar-refractivity contribution >= 4 is 41.5 Å². The molecule has 8 atom stereocenters. The predicted octanol–water partition coefficient (Wildman–Crippen LogP) is 4.68. The average molecular weight is 789 g/mol. The number of anilines is 2. The van der Waals surface area contributed by atoms with E-state index in [2.05, 4.69) is 93.1 Å². The van der Waals surface area contributed by atoms with Crippen molar-refractivity contribution in [1.82, 2.24) is 4.90 Å². The molecule has 0 amide bonds. The second kappa shape index (κ2) is 18.1. The maximum absolute atomic E-state index is 12.7. The molecule has 3 saturated heterocycles. The third-order valence-corrected chi connectivity index (χ3v) is 12.3. The SMILES string of the molecule is CCCC[N+]1(C)[C@@H]2CC(OC(=O)[C@H](CO)c3ccccc3)C[C@H]1[C@@H]1O[C@@H]12.CCN(CC)C(C)CN1c2ccccc2Sc2ccccc21.Cl.[Br-]. The Bertz CT molecular complexity index is 1470. The van der Waals surface area contributed by atoms with Crippen molar-refractivity contribution in [3.05, 3.63) is 84.4 Å². The number of para-hydroxylation sites is 2. The van der Waals surface area contributed by atoms with Crippen LogP contribution in [0.5, 0.6) is 0 Å². The van der Waals surface area contributed by atoms with Crippen LogP contribution in [-0.4, -0.2) is 96.7 Å². The smallest absolute Gasteiger partial charge is 0.316 e. The fourth-order valence-electron chi connectivity index (χ4n) is 8.44. The van der Waals surface area contributed by atoms with Crippen LogP contribution in [0.1, 0.15) is 64.9 Å². The molecule has 2 bridgehead atoms. The standard InChI is InChI=1S/C21H30NO4.C19H24N2S.BrH.ClH/c1-3-4-10-22(2)17-11-15(12-18(22)20-19(17)26-20)25-21(24)16(13-23)14-8-6-5-7-9-14;1-4-20(5-2)15(3)14-21-16-10-6-8-12-18(16)22-19-13-9-7-11-17(19)21;;/h5-9,15-20,23H,3-4,10-13H2,1-2H3;6-13,15H,4-5,14H2,1-3H3;2*1H/q+1;;;/p-1/t15?,16-,17-,18+,19-,20+,22?;;;/m1.../s1. The van der Waals surface area contributed by atoms with Crippen LogP contribution in [0.25, 0.3) is 0 Å². The number of epoxide rings is 1. The third-order valence-electron chi connectivity index (χ3n) is 11.2. The molecule has 3 fully saturated rings. The number of fused-ring (bicyclic) bond motifs is 7. The molecule has 3 aromatic rings. The van der Waals surface area contributed by atoms with Crippen molar-refractivity contribution in [1.29, 1.82) is 0 Å². The number of hydrogen-bond donors (Lipinski definition) is 1. The Morgan fingerprint density at radius 1 is 0.940 bits per heavy atom. The van der Waals surface area contributed by atoms with E-state index in [4.69, 9.17) is 9.47 Å². The lowest BCUT2D eigenvalue weighted by molar-refractivity contribution is -0.956. The summed E-state index contributed by atoms with van der Waals surface area (Å²) in [5.41, 5.74) is 3.49. The van der Waals surface area contributed by atoms with Gasteiger partial charge in [-0.3, -0.25) is 9.69 Å². The Morgan fingerprint density at radius 3 is 2.00 bits per heavy atom. The molecule has 4 aliphatic rings. The van der Waals surface area contributed by atoms with Gasteiger partial charge in [0.2, 0.25) is 0 Å². The molecule has 4 aliphatic heterocycles.